The van der Waals surface area contributed by atoms with Gasteiger partial charge in [0.25, 0.3) is 0 Å². The molecule has 0 atom stereocenters. The summed E-state index contributed by atoms with van der Waals surface area (Å²) in [6.07, 6.45) is 0. The summed E-state index contributed by atoms with van der Waals surface area (Å²) >= 11 is 0. The van der Waals surface area contributed by atoms with E-state index in [1.807, 2.05) is 0 Å². The van der Waals surface area contributed by atoms with E-state index >= 15 is 0 Å². The van der Waals surface area contributed by atoms with Gasteiger partial charge in [0.05, 0.1) is 0 Å². The van der Waals surface area contributed by atoms with E-state index in [1.165, 1.54) is 0 Å². The number of hydrogen-bond donors (Lipinski definition) is 0. The van der Waals surface area contributed by atoms with Gasteiger partial charge in [-0.1, -0.05) is 0 Å². The van der Waals surface area contributed by atoms with Gasteiger partial charge in [0.2, 0.25) is 0 Å². The average molecular weight is 166 g/mol. The normalized spacial score (nSPS) is 4.17. The minimum atomic E-state index is -1.08. The fourth-order valence-corrected chi connectivity index (χ4v) is 0. The van der Waals surface area contributed by atoms with Gasteiger partial charge in [-0.15, -0.1) is 0 Å². The molecule has 0 spiro atoms. The zero-order valence-electron chi connectivity index (χ0n) is 3.22. The summed E-state index contributed by atoms with van der Waals surface area (Å²) in [6.45, 7) is 0.972. The molecular formula is C2H3O3Zr+. The van der Waals surface area contributed by atoms with Crippen molar-refractivity contribution in [3.8, 4) is 0 Å². The zero-order chi connectivity index (χ0) is 3.58. The van der Waals surface area contributed by atoms with Crippen LogP contribution in [0.5, 0.6) is 0 Å². The van der Waals surface area contributed by atoms with E-state index in [0.29, 0.717) is 0 Å². The van der Waals surface area contributed by atoms with E-state index in [4.69, 9.17) is 9.90 Å². The molecule has 0 amide bonds. The summed E-state index contributed by atoms with van der Waals surface area (Å²) in [5.74, 6) is -1.08. The van der Waals surface area contributed by atoms with Crippen LogP contribution in [0.15, 0.2) is 0 Å². The Labute approximate surface area is 54.8 Å². The third kappa shape index (κ3) is 483. The Bertz CT molecular complexity index is 31.8. The summed E-state index contributed by atoms with van der Waals surface area (Å²) in [5, 5.41) is 8.89. The first-order valence-electron chi connectivity index (χ1n) is 0.908. The van der Waals surface area contributed by atoms with Gasteiger partial charge >= 0.3 is 26.2 Å². The minimum absolute atomic E-state index is 0. The standard InChI is InChI=1S/C2H4O2.O.Zr/c1-2(3)4;;/h1H3,(H,3,4);;/q;-2;+4/p-1. The molecule has 0 aromatic heterocycles. The quantitative estimate of drug-likeness (QED) is 0.446. The third-order valence-electron chi connectivity index (χ3n) is 0. The Morgan fingerprint density at radius 2 is 1.67 bits per heavy atom. The maximum Gasteiger partial charge on any atom is 4.00 e. The maximum absolute atomic E-state index is 8.89. The second-order valence-electron chi connectivity index (χ2n) is 0.492. The molecule has 0 aliphatic heterocycles. The predicted molar refractivity (Wildman–Crippen MR) is 11.4 cm³/mol. The van der Waals surface area contributed by atoms with Crippen molar-refractivity contribution in [1.82, 2.24) is 0 Å². The second kappa shape index (κ2) is 9.00. The molecule has 0 aliphatic rings. The Balaban J connectivity index is -0.0000000450. The molecule has 0 radical (unpaired) electrons. The monoisotopic (exact) mass is 165 g/mol. The first-order valence-corrected chi connectivity index (χ1v) is 0.908. The van der Waals surface area contributed by atoms with Crippen LogP contribution in [0.4, 0.5) is 0 Å². The predicted octanol–water partition coefficient (Wildman–Crippen LogP) is -1.37. The Morgan fingerprint density at radius 3 is 1.67 bits per heavy atom. The number of carbonyl (C=O) groups is 1. The van der Waals surface area contributed by atoms with Crippen LogP contribution < -0.4 is 5.11 Å². The molecule has 0 aromatic rings. The van der Waals surface area contributed by atoms with E-state index < -0.39 is 5.97 Å². The molecule has 0 aliphatic carbocycles. The van der Waals surface area contributed by atoms with E-state index in [-0.39, 0.29) is 31.7 Å². The summed E-state index contributed by atoms with van der Waals surface area (Å²) in [6, 6.07) is 0. The van der Waals surface area contributed by atoms with E-state index in [2.05, 4.69) is 0 Å². The SMILES string of the molecule is CC(=O)[O-].[O-2].[Zr+4]. The first kappa shape index (κ1) is 16.2. The van der Waals surface area contributed by atoms with Crippen molar-refractivity contribution in [2.45, 2.75) is 6.92 Å². The molecule has 4 heteroatoms. The third-order valence-corrected chi connectivity index (χ3v) is 0. The summed E-state index contributed by atoms with van der Waals surface area (Å²) < 4.78 is 0. The molecule has 0 rings (SSSR count). The summed E-state index contributed by atoms with van der Waals surface area (Å²) in [5.41, 5.74) is 0. The first-order chi connectivity index (χ1) is 1.73. The van der Waals surface area contributed by atoms with Gasteiger partial charge in [-0.05, 0) is 6.92 Å². The van der Waals surface area contributed by atoms with Crippen molar-refractivity contribution in [2.75, 3.05) is 0 Å². The van der Waals surface area contributed by atoms with Crippen LogP contribution in [0.3, 0.4) is 0 Å². The van der Waals surface area contributed by atoms with E-state index in [1.54, 1.807) is 0 Å². The second-order valence-corrected chi connectivity index (χ2v) is 0.492. The number of hydrogen-bond acceptors (Lipinski definition) is 2. The van der Waals surface area contributed by atoms with Crippen molar-refractivity contribution in [2.24, 2.45) is 0 Å². The topological polar surface area (TPSA) is 68.6 Å². The molecule has 3 nitrogen and oxygen atoms in total. The minimum Gasteiger partial charge on any atom is -2.00 e. The molecule has 32 valence electrons. The van der Waals surface area contributed by atoms with Gasteiger partial charge in [-0.2, -0.15) is 0 Å². The number of carboxylic acid groups (broad SMARTS) is 1. The van der Waals surface area contributed by atoms with Crippen LogP contribution >= 0.6 is 0 Å². The van der Waals surface area contributed by atoms with Gasteiger partial charge < -0.3 is 15.4 Å². The fraction of sp³-hybridized carbons (Fsp3) is 0.500. The van der Waals surface area contributed by atoms with Crippen molar-refractivity contribution in [1.29, 1.82) is 0 Å². The molecule has 0 N–H and O–H groups in total. The Morgan fingerprint density at radius 1 is 1.67 bits per heavy atom. The van der Waals surface area contributed by atoms with Gasteiger partial charge in [0, 0.05) is 5.97 Å². The molecule has 0 heterocycles. The van der Waals surface area contributed by atoms with Crippen LogP contribution in [-0.4, -0.2) is 5.97 Å². The Hall–Kier alpha value is 0.313. The van der Waals surface area contributed by atoms with Crippen molar-refractivity contribution in [3.05, 3.63) is 0 Å². The van der Waals surface area contributed by atoms with Crippen LogP contribution in [-0.2, 0) is 36.5 Å². The number of carbonyl (C=O) groups excluding carboxylic acids is 1. The molecule has 0 fully saturated rings. The molecular weight excluding hydrogens is 163 g/mol. The van der Waals surface area contributed by atoms with Gasteiger partial charge in [0.1, 0.15) is 0 Å². The summed E-state index contributed by atoms with van der Waals surface area (Å²) in [7, 11) is 0. The summed E-state index contributed by atoms with van der Waals surface area (Å²) in [4.78, 5) is 8.89. The van der Waals surface area contributed by atoms with E-state index in [0.717, 1.165) is 6.92 Å². The van der Waals surface area contributed by atoms with Gasteiger partial charge in [-0.25, -0.2) is 0 Å². The van der Waals surface area contributed by atoms with Crippen molar-refractivity contribution in [3.63, 3.8) is 0 Å². The van der Waals surface area contributed by atoms with E-state index in [9.17, 15) is 0 Å². The average Bonchev–Trinajstić information content (AvgIpc) is 0.811. The van der Waals surface area contributed by atoms with Crippen molar-refractivity contribution >= 4 is 5.97 Å². The fourth-order valence-electron chi connectivity index (χ4n) is 0. The van der Waals surface area contributed by atoms with Crippen LogP contribution in [0.2, 0.25) is 0 Å². The molecule has 0 aromatic carbocycles. The number of carboxylic acids is 1. The molecule has 0 unspecified atom stereocenters. The Kier molecular flexibility index (Phi) is 24.4. The molecule has 0 saturated heterocycles. The van der Waals surface area contributed by atoms with Crippen molar-refractivity contribution < 1.29 is 41.6 Å². The van der Waals surface area contributed by atoms with Crippen LogP contribution in [0.1, 0.15) is 6.92 Å². The largest absolute Gasteiger partial charge is 4.00 e. The molecule has 0 saturated carbocycles. The smallest absolute Gasteiger partial charge is 2.00 e. The van der Waals surface area contributed by atoms with Crippen LogP contribution in [0.25, 0.3) is 0 Å². The van der Waals surface area contributed by atoms with Gasteiger partial charge in [-0.3, -0.25) is 0 Å². The number of rotatable bonds is 0. The molecule has 6 heavy (non-hydrogen) atoms. The maximum atomic E-state index is 8.89. The van der Waals surface area contributed by atoms with Gasteiger partial charge in [0.15, 0.2) is 0 Å². The number of aliphatic carboxylic acids is 1. The molecule has 0 bridgehead atoms. The van der Waals surface area contributed by atoms with Crippen LogP contribution in [0, 0.1) is 0 Å². The zero-order valence-corrected chi connectivity index (χ0v) is 5.68.